The molecule has 0 aromatic carbocycles. The van der Waals surface area contributed by atoms with Gasteiger partial charge >= 0.3 is 5.97 Å². The molecule has 2 heterocycles. The molecule has 22 heavy (non-hydrogen) atoms. The van der Waals surface area contributed by atoms with Crippen LogP contribution < -0.4 is 5.32 Å². The molecule has 0 fully saturated rings. The Balaban J connectivity index is 2.28. The molecule has 2 aromatic rings. The third-order valence-corrected chi connectivity index (χ3v) is 4.19. The van der Waals surface area contributed by atoms with E-state index in [4.69, 9.17) is 4.74 Å². The van der Waals surface area contributed by atoms with Crippen LogP contribution >= 0.6 is 11.3 Å². The molecule has 0 atom stereocenters. The largest absolute Gasteiger partial charge is 0.465 e. The molecule has 6 heteroatoms. The van der Waals surface area contributed by atoms with E-state index in [2.05, 4.69) is 15.3 Å². The molecule has 0 amide bonds. The minimum Gasteiger partial charge on any atom is -0.465 e. The summed E-state index contributed by atoms with van der Waals surface area (Å²) in [6, 6.07) is 3.88. The van der Waals surface area contributed by atoms with Gasteiger partial charge in [-0.15, -0.1) is 11.3 Å². The smallest absolute Gasteiger partial charge is 0.317 e. The molecule has 0 bridgehead atoms. The lowest BCUT2D eigenvalue weighted by Crippen LogP contribution is -2.31. The van der Waals surface area contributed by atoms with Gasteiger partial charge in [0.2, 0.25) is 0 Å². The van der Waals surface area contributed by atoms with E-state index in [1.807, 2.05) is 38.3 Å². The van der Waals surface area contributed by atoms with E-state index < -0.39 is 5.41 Å². The Morgan fingerprint density at radius 3 is 2.86 bits per heavy atom. The van der Waals surface area contributed by atoms with Gasteiger partial charge in [-0.05, 0) is 39.8 Å². The van der Waals surface area contributed by atoms with Gasteiger partial charge in [0.25, 0.3) is 0 Å². The lowest BCUT2D eigenvalue weighted by molar-refractivity contribution is -0.148. The summed E-state index contributed by atoms with van der Waals surface area (Å²) in [6.07, 6.45) is 1.75. The molecule has 1 N–H and O–H groups in total. The second kappa shape index (κ2) is 6.87. The number of nitrogens with zero attached hydrogens (tertiary/aromatic N) is 2. The number of thiazole rings is 1. The van der Waals surface area contributed by atoms with Crippen molar-refractivity contribution < 1.29 is 9.53 Å². The summed E-state index contributed by atoms with van der Waals surface area (Å²) < 4.78 is 5.13. The number of aromatic nitrogens is 2. The van der Waals surface area contributed by atoms with Crippen LogP contribution in [-0.2, 0) is 14.9 Å². The molecule has 0 spiro atoms. The monoisotopic (exact) mass is 319 g/mol. The molecule has 0 aliphatic heterocycles. The minimum absolute atomic E-state index is 0.255. The van der Waals surface area contributed by atoms with Crippen molar-refractivity contribution in [3.05, 3.63) is 29.4 Å². The Kier molecular flexibility index (Phi) is 5.13. The summed E-state index contributed by atoms with van der Waals surface area (Å²) in [5.41, 5.74) is 0.970. The van der Waals surface area contributed by atoms with E-state index >= 15 is 0 Å². The van der Waals surface area contributed by atoms with Crippen molar-refractivity contribution in [2.75, 3.05) is 18.5 Å². The second-order valence-corrected chi connectivity index (χ2v) is 6.20. The Bertz CT molecular complexity index is 652. The summed E-state index contributed by atoms with van der Waals surface area (Å²) in [6.45, 7) is 8.68. The van der Waals surface area contributed by atoms with E-state index in [1.165, 1.54) is 11.3 Å². The fourth-order valence-electron chi connectivity index (χ4n) is 1.95. The van der Waals surface area contributed by atoms with Gasteiger partial charge in [-0.2, -0.15) is 0 Å². The number of ether oxygens (including phenoxy) is 1. The predicted octanol–water partition coefficient (Wildman–Crippen LogP) is 3.48. The number of rotatable bonds is 6. The molecular weight excluding hydrogens is 298 g/mol. The lowest BCUT2D eigenvalue weighted by Gasteiger charge is -2.19. The van der Waals surface area contributed by atoms with Gasteiger partial charge in [-0.1, -0.05) is 0 Å². The zero-order valence-electron chi connectivity index (χ0n) is 13.3. The molecule has 2 aromatic heterocycles. The third kappa shape index (κ3) is 3.44. The van der Waals surface area contributed by atoms with Gasteiger partial charge in [0.15, 0.2) is 0 Å². The van der Waals surface area contributed by atoms with E-state index in [-0.39, 0.29) is 5.97 Å². The van der Waals surface area contributed by atoms with Crippen molar-refractivity contribution in [3.63, 3.8) is 0 Å². The predicted molar refractivity (Wildman–Crippen MR) is 89.2 cm³/mol. The molecular formula is C16H21N3O2S. The Labute approximate surface area is 134 Å². The zero-order chi connectivity index (χ0) is 16.2. The highest BCUT2D eigenvalue weighted by Gasteiger charge is 2.34. The first kappa shape index (κ1) is 16.4. The molecule has 118 valence electrons. The number of hydrogen-bond acceptors (Lipinski definition) is 6. The molecule has 0 aliphatic rings. The van der Waals surface area contributed by atoms with Crippen LogP contribution in [0, 0.1) is 0 Å². The van der Waals surface area contributed by atoms with Gasteiger partial charge in [0, 0.05) is 23.7 Å². The average molecular weight is 319 g/mol. The standard InChI is InChI=1S/C16H21N3O2S/c1-5-17-13-9-11(7-8-18-13)14-19-12(10-22-14)16(3,4)15(20)21-6-2/h7-10H,5-6H2,1-4H3,(H,17,18). The van der Waals surface area contributed by atoms with Crippen molar-refractivity contribution in [1.29, 1.82) is 0 Å². The van der Waals surface area contributed by atoms with Gasteiger partial charge in [-0.25, -0.2) is 9.97 Å². The first-order valence-corrected chi connectivity index (χ1v) is 8.20. The fraction of sp³-hybridized carbons (Fsp3) is 0.438. The van der Waals surface area contributed by atoms with Crippen molar-refractivity contribution in [1.82, 2.24) is 9.97 Å². The highest BCUT2D eigenvalue weighted by Crippen LogP contribution is 2.31. The normalized spacial score (nSPS) is 11.3. The van der Waals surface area contributed by atoms with Crippen molar-refractivity contribution >= 4 is 23.1 Å². The molecule has 2 rings (SSSR count). The molecule has 0 aliphatic carbocycles. The Morgan fingerprint density at radius 2 is 2.18 bits per heavy atom. The summed E-state index contributed by atoms with van der Waals surface area (Å²) in [7, 11) is 0. The van der Waals surface area contributed by atoms with Crippen LogP contribution in [0.3, 0.4) is 0 Å². The SMILES string of the molecule is CCNc1cc(-c2nc(C(C)(C)C(=O)OCC)cs2)ccn1. The summed E-state index contributed by atoms with van der Waals surface area (Å²) in [5.74, 6) is 0.566. The Hall–Kier alpha value is -1.95. The number of pyridine rings is 1. The van der Waals surface area contributed by atoms with E-state index in [0.717, 1.165) is 28.6 Å². The van der Waals surface area contributed by atoms with Crippen LogP contribution in [0.15, 0.2) is 23.7 Å². The summed E-state index contributed by atoms with van der Waals surface area (Å²) in [4.78, 5) is 20.9. The van der Waals surface area contributed by atoms with Gasteiger partial charge < -0.3 is 10.1 Å². The quantitative estimate of drug-likeness (QED) is 0.826. The highest BCUT2D eigenvalue weighted by atomic mass is 32.1. The van der Waals surface area contributed by atoms with Crippen molar-refractivity contribution in [2.45, 2.75) is 33.1 Å². The third-order valence-electron chi connectivity index (χ3n) is 3.30. The minimum atomic E-state index is -0.748. The highest BCUT2D eigenvalue weighted by molar-refractivity contribution is 7.13. The van der Waals surface area contributed by atoms with E-state index in [0.29, 0.717) is 6.61 Å². The number of carbonyl (C=O) groups is 1. The average Bonchev–Trinajstić information content (AvgIpc) is 2.99. The van der Waals surface area contributed by atoms with Crippen LogP contribution in [0.4, 0.5) is 5.82 Å². The summed E-state index contributed by atoms with van der Waals surface area (Å²) in [5, 5.41) is 5.97. The summed E-state index contributed by atoms with van der Waals surface area (Å²) >= 11 is 1.52. The maximum atomic E-state index is 12.1. The van der Waals surface area contributed by atoms with Crippen LogP contribution in [0.25, 0.3) is 10.6 Å². The molecule has 0 unspecified atom stereocenters. The van der Waals surface area contributed by atoms with Gasteiger partial charge in [0.05, 0.1) is 12.3 Å². The topological polar surface area (TPSA) is 64.1 Å². The maximum Gasteiger partial charge on any atom is 0.317 e. The number of anilines is 1. The second-order valence-electron chi connectivity index (χ2n) is 5.34. The maximum absolute atomic E-state index is 12.1. The molecule has 0 saturated carbocycles. The van der Waals surface area contributed by atoms with E-state index in [1.54, 1.807) is 13.1 Å². The number of hydrogen-bond donors (Lipinski definition) is 1. The molecule has 5 nitrogen and oxygen atoms in total. The van der Waals surface area contributed by atoms with Crippen LogP contribution in [-0.4, -0.2) is 29.1 Å². The molecule has 0 saturated heterocycles. The first-order valence-electron chi connectivity index (χ1n) is 7.32. The number of carbonyl (C=O) groups excluding carboxylic acids is 1. The Morgan fingerprint density at radius 1 is 1.41 bits per heavy atom. The lowest BCUT2D eigenvalue weighted by atomic mass is 9.90. The van der Waals surface area contributed by atoms with Crippen LogP contribution in [0.1, 0.15) is 33.4 Å². The van der Waals surface area contributed by atoms with Crippen LogP contribution in [0.5, 0.6) is 0 Å². The van der Waals surface area contributed by atoms with E-state index in [9.17, 15) is 4.79 Å². The van der Waals surface area contributed by atoms with Gasteiger partial charge in [-0.3, -0.25) is 4.79 Å². The zero-order valence-corrected chi connectivity index (χ0v) is 14.2. The molecule has 0 radical (unpaired) electrons. The van der Waals surface area contributed by atoms with Gasteiger partial charge in [0.1, 0.15) is 16.2 Å². The van der Waals surface area contributed by atoms with Crippen LogP contribution in [0.2, 0.25) is 0 Å². The number of nitrogens with one attached hydrogen (secondary N) is 1. The number of esters is 1. The fourth-order valence-corrected chi connectivity index (χ4v) is 2.94. The first-order chi connectivity index (χ1) is 10.5. The van der Waals surface area contributed by atoms with Crippen molar-refractivity contribution in [3.8, 4) is 10.6 Å². The van der Waals surface area contributed by atoms with Crippen molar-refractivity contribution in [2.24, 2.45) is 0 Å².